The van der Waals surface area contributed by atoms with Gasteiger partial charge in [-0.1, -0.05) is 0 Å². The van der Waals surface area contributed by atoms with E-state index in [-0.39, 0.29) is 11.9 Å². The summed E-state index contributed by atoms with van der Waals surface area (Å²) in [4.78, 5) is 11.9. The molecule has 1 saturated heterocycles. The molecule has 0 aromatic heterocycles. The predicted octanol–water partition coefficient (Wildman–Crippen LogP) is 1.07. The van der Waals surface area contributed by atoms with Gasteiger partial charge in [-0.15, -0.1) is 0 Å². The van der Waals surface area contributed by atoms with Crippen LogP contribution in [0.25, 0.3) is 0 Å². The largest absolute Gasteiger partial charge is 0.497 e. The molecule has 1 atom stereocenters. The SMILES string of the molecule is COc1ccc(CNC(=O)[C@@H]2CCCN2)c(OC)c1. The molecule has 1 amide bonds. The quantitative estimate of drug-likeness (QED) is 0.835. The van der Waals surface area contributed by atoms with E-state index in [0.29, 0.717) is 6.54 Å². The minimum atomic E-state index is -0.0516. The molecular weight excluding hydrogens is 244 g/mol. The molecular formula is C14H20N2O3. The highest BCUT2D eigenvalue weighted by Gasteiger charge is 2.21. The Hall–Kier alpha value is -1.75. The number of benzene rings is 1. The normalized spacial score (nSPS) is 18.1. The van der Waals surface area contributed by atoms with Crippen molar-refractivity contribution in [2.24, 2.45) is 0 Å². The van der Waals surface area contributed by atoms with Crippen LogP contribution >= 0.6 is 0 Å². The number of nitrogens with one attached hydrogen (secondary N) is 2. The van der Waals surface area contributed by atoms with E-state index in [1.54, 1.807) is 14.2 Å². The summed E-state index contributed by atoms with van der Waals surface area (Å²) in [6.45, 7) is 1.38. The van der Waals surface area contributed by atoms with Crippen molar-refractivity contribution in [3.8, 4) is 11.5 Å². The molecule has 1 aliphatic heterocycles. The molecule has 0 spiro atoms. The van der Waals surface area contributed by atoms with E-state index in [4.69, 9.17) is 9.47 Å². The van der Waals surface area contributed by atoms with Crippen molar-refractivity contribution in [1.82, 2.24) is 10.6 Å². The Labute approximate surface area is 113 Å². The molecule has 19 heavy (non-hydrogen) atoms. The van der Waals surface area contributed by atoms with Crippen molar-refractivity contribution in [3.05, 3.63) is 23.8 Å². The molecule has 104 valence electrons. The lowest BCUT2D eigenvalue weighted by Gasteiger charge is -2.13. The summed E-state index contributed by atoms with van der Waals surface area (Å²) in [5.41, 5.74) is 0.939. The Balaban J connectivity index is 1.96. The fourth-order valence-electron chi connectivity index (χ4n) is 2.21. The number of rotatable bonds is 5. The smallest absolute Gasteiger partial charge is 0.237 e. The van der Waals surface area contributed by atoms with Gasteiger partial charge in [-0.25, -0.2) is 0 Å². The fraction of sp³-hybridized carbons (Fsp3) is 0.500. The summed E-state index contributed by atoms with van der Waals surface area (Å²) in [7, 11) is 3.22. The Morgan fingerprint density at radius 2 is 2.26 bits per heavy atom. The van der Waals surface area contributed by atoms with Crippen LogP contribution in [0.4, 0.5) is 0 Å². The second-order valence-corrected chi connectivity index (χ2v) is 4.54. The molecule has 5 nitrogen and oxygen atoms in total. The van der Waals surface area contributed by atoms with Gasteiger partial charge in [-0.05, 0) is 31.5 Å². The standard InChI is InChI=1S/C14H20N2O3/c1-18-11-6-5-10(13(8-11)19-2)9-16-14(17)12-4-3-7-15-12/h5-6,8,12,15H,3-4,7,9H2,1-2H3,(H,16,17)/t12-/m0/s1. The van der Waals surface area contributed by atoms with Crippen LogP contribution in [0.1, 0.15) is 18.4 Å². The van der Waals surface area contributed by atoms with Crippen molar-refractivity contribution in [1.29, 1.82) is 0 Å². The van der Waals surface area contributed by atoms with E-state index in [9.17, 15) is 4.79 Å². The fourth-order valence-corrected chi connectivity index (χ4v) is 2.21. The average Bonchev–Trinajstić information content (AvgIpc) is 2.98. The Morgan fingerprint density at radius 3 is 2.89 bits per heavy atom. The van der Waals surface area contributed by atoms with Crippen LogP contribution in [-0.4, -0.2) is 32.7 Å². The van der Waals surface area contributed by atoms with E-state index >= 15 is 0 Å². The van der Waals surface area contributed by atoms with Crippen LogP contribution < -0.4 is 20.1 Å². The van der Waals surface area contributed by atoms with Gasteiger partial charge < -0.3 is 20.1 Å². The molecule has 1 aromatic rings. The molecule has 1 heterocycles. The highest BCUT2D eigenvalue weighted by Crippen LogP contribution is 2.24. The maximum atomic E-state index is 11.9. The molecule has 0 saturated carbocycles. The van der Waals surface area contributed by atoms with Crippen LogP contribution in [0.5, 0.6) is 11.5 Å². The van der Waals surface area contributed by atoms with Crippen molar-refractivity contribution in [2.45, 2.75) is 25.4 Å². The van der Waals surface area contributed by atoms with Crippen LogP contribution in [0, 0.1) is 0 Å². The van der Waals surface area contributed by atoms with E-state index in [0.717, 1.165) is 36.4 Å². The summed E-state index contributed by atoms with van der Waals surface area (Å²) in [5, 5.41) is 6.11. The second kappa shape index (κ2) is 6.43. The first-order valence-corrected chi connectivity index (χ1v) is 6.46. The van der Waals surface area contributed by atoms with Gasteiger partial charge in [-0.3, -0.25) is 4.79 Å². The van der Waals surface area contributed by atoms with E-state index in [1.807, 2.05) is 18.2 Å². The molecule has 0 bridgehead atoms. The third-order valence-corrected chi connectivity index (χ3v) is 3.32. The third kappa shape index (κ3) is 3.38. The van der Waals surface area contributed by atoms with Gasteiger partial charge in [0.25, 0.3) is 0 Å². The number of ether oxygens (including phenoxy) is 2. The van der Waals surface area contributed by atoms with Crippen molar-refractivity contribution in [2.75, 3.05) is 20.8 Å². The first-order chi connectivity index (χ1) is 9.24. The number of amides is 1. The van der Waals surface area contributed by atoms with Gasteiger partial charge in [0.05, 0.1) is 20.3 Å². The predicted molar refractivity (Wildman–Crippen MR) is 72.4 cm³/mol. The van der Waals surface area contributed by atoms with Crippen molar-refractivity contribution < 1.29 is 14.3 Å². The van der Waals surface area contributed by atoms with Gasteiger partial charge in [-0.2, -0.15) is 0 Å². The highest BCUT2D eigenvalue weighted by atomic mass is 16.5. The van der Waals surface area contributed by atoms with Crippen LogP contribution in [0.15, 0.2) is 18.2 Å². The lowest BCUT2D eigenvalue weighted by Crippen LogP contribution is -2.40. The van der Waals surface area contributed by atoms with Crippen molar-refractivity contribution >= 4 is 5.91 Å². The van der Waals surface area contributed by atoms with Gasteiger partial charge in [0.15, 0.2) is 0 Å². The zero-order valence-electron chi connectivity index (χ0n) is 11.4. The monoisotopic (exact) mass is 264 g/mol. The van der Waals surface area contributed by atoms with Crippen LogP contribution in [-0.2, 0) is 11.3 Å². The first kappa shape index (κ1) is 13.7. The molecule has 1 fully saturated rings. The maximum absolute atomic E-state index is 11.9. The Bertz CT molecular complexity index is 442. The number of hydrogen-bond acceptors (Lipinski definition) is 4. The minimum Gasteiger partial charge on any atom is -0.497 e. The topological polar surface area (TPSA) is 59.6 Å². The molecule has 1 aliphatic rings. The van der Waals surface area contributed by atoms with Crippen LogP contribution in [0.2, 0.25) is 0 Å². The van der Waals surface area contributed by atoms with Crippen molar-refractivity contribution in [3.63, 3.8) is 0 Å². The average molecular weight is 264 g/mol. The molecule has 2 rings (SSSR count). The molecule has 0 unspecified atom stereocenters. The molecule has 5 heteroatoms. The summed E-state index contributed by atoms with van der Waals surface area (Å²) < 4.78 is 10.4. The first-order valence-electron chi connectivity index (χ1n) is 6.46. The number of carbonyl (C=O) groups excluding carboxylic acids is 1. The van der Waals surface area contributed by atoms with Gasteiger partial charge >= 0.3 is 0 Å². The van der Waals surface area contributed by atoms with E-state index in [2.05, 4.69) is 10.6 Å². The number of carbonyl (C=O) groups is 1. The molecule has 2 N–H and O–H groups in total. The molecule has 1 aromatic carbocycles. The number of methoxy groups -OCH3 is 2. The highest BCUT2D eigenvalue weighted by molar-refractivity contribution is 5.82. The third-order valence-electron chi connectivity index (χ3n) is 3.32. The lowest BCUT2D eigenvalue weighted by molar-refractivity contribution is -0.122. The van der Waals surface area contributed by atoms with E-state index < -0.39 is 0 Å². The summed E-state index contributed by atoms with van der Waals surface area (Å²) >= 11 is 0. The molecule has 0 radical (unpaired) electrons. The summed E-state index contributed by atoms with van der Waals surface area (Å²) in [6, 6.07) is 5.52. The lowest BCUT2D eigenvalue weighted by atomic mass is 10.1. The zero-order valence-corrected chi connectivity index (χ0v) is 11.4. The second-order valence-electron chi connectivity index (χ2n) is 4.54. The minimum absolute atomic E-state index is 0.0513. The van der Waals surface area contributed by atoms with Gasteiger partial charge in [0, 0.05) is 18.2 Å². The van der Waals surface area contributed by atoms with E-state index in [1.165, 1.54) is 0 Å². The summed E-state index contributed by atoms with van der Waals surface area (Å²) in [6.07, 6.45) is 1.97. The molecule has 0 aliphatic carbocycles. The Kier molecular flexibility index (Phi) is 4.63. The van der Waals surface area contributed by atoms with Gasteiger partial charge in [0.1, 0.15) is 11.5 Å². The Morgan fingerprint density at radius 1 is 1.42 bits per heavy atom. The zero-order chi connectivity index (χ0) is 13.7. The summed E-state index contributed by atoms with van der Waals surface area (Å²) in [5.74, 6) is 1.51. The maximum Gasteiger partial charge on any atom is 0.237 e. The van der Waals surface area contributed by atoms with Crippen LogP contribution in [0.3, 0.4) is 0 Å². The number of hydrogen-bond donors (Lipinski definition) is 2. The van der Waals surface area contributed by atoms with Gasteiger partial charge in [0.2, 0.25) is 5.91 Å².